The highest BCUT2D eigenvalue weighted by Crippen LogP contribution is 2.25. The van der Waals surface area contributed by atoms with Crippen LogP contribution < -0.4 is 0 Å². The first-order valence-corrected chi connectivity index (χ1v) is 7.24. The number of aromatic nitrogens is 4. The van der Waals surface area contributed by atoms with Gasteiger partial charge in [0.1, 0.15) is 6.04 Å². The van der Waals surface area contributed by atoms with Gasteiger partial charge in [-0.15, -0.1) is 16.8 Å². The van der Waals surface area contributed by atoms with Crippen molar-refractivity contribution in [3.63, 3.8) is 0 Å². The van der Waals surface area contributed by atoms with Crippen LogP contribution >= 0.6 is 0 Å². The number of rotatable bonds is 4. The predicted molar refractivity (Wildman–Crippen MR) is 87.5 cm³/mol. The molecular weight excluding hydrogens is 272 g/mol. The molecular formula is C18H18N4. The van der Waals surface area contributed by atoms with Crippen LogP contribution in [0.3, 0.4) is 0 Å². The molecule has 0 saturated carbocycles. The van der Waals surface area contributed by atoms with Gasteiger partial charge in [-0.05, 0) is 35.8 Å². The number of aryl methyl sites for hydroxylation is 2. The van der Waals surface area contributed by atoms with Gasteiger partial charge in [0, 0.05) is 5.56 Å². The first-order valence-electron chi connectivity index (χ1n) is 7.24. The molecule has 1 heterocycles. The number of tetrazole rings is 1. The maximum Gasteiger partial charge on any atom is 0.204 e. The van der Waals surface area contributed by atoms with Gasteiger partial charge < -0.3 is 0 Å². The van der Waals surface area contributed by atoms with Gasteiger partial charge in [0.15, 0.2) is 0 Å². The quantitative estimate of drug-likeness (QED) is 0.688. The number of nitrogens with zero attached hydrogens (tertiary/aromatic N) is 4. The highest BCUT2D eigenvalue weighted by Gasteiger charge is 2.18. The van der Waals surface area contributed by atoms with Gasteiger partial charge in [-0.25, -0.2) is 0 Å². The van der Waals surface area contributed by atoms with Crippen LogP contribution in [0.15, 0.2) is 61.2 Å². The van der Waals surface area contributed by atoms with E-state index in [1.807, 2.05) is 36.4 Å². The van der Waals surface area contributed by atoms with E-state index in [4.69, 9.17) is 0 Å². The number of benzene rings is 2. The van der Waals surface area contributed by atoms with E-state index < -0.39 is 0 Å². The second kappa shape index (κ2) is 5.93. The third kappa shape index (κ3) is 2.55. The van der Waals surface area contributed by atoms with E-state index in [1.54, 1.807) is 4.80 Å². The van der Waals surface area contributed by atoms with Crippen molar-refractivity contribution in [3.8, 4) is 11.4 Å². The van der Waals surface area contributed by atoms with Crippen LogP contribution in [0, 0.1) is 13.8 Å². The van der Waals surface area contributed by atoms with E-state index in [0.717, 1.165) is 5.56 Å². The summed E-state index contributed by atoms with van der Waals surface area (Å²) in [4.78, 5) is 1.63. The molecule has 1 unspecified atom stereocenters. The summed E-state index contributed by atoms with van der Waals surface area (Å²) < 4.78 is 0. The second-order valence-corrected chi connectivity index (χ2v) is 5.29. The summed E-state index contributed by atoms with van der Waals surface area (Å²) in [6.45, 7) is 8.13. The summed E-state index contributed by atoms with van der Waals surface area (Å²) in [6, 6.07) is 16.0. The molecule has 3 rings (SSSR count). The number of allylic oxidation sites excluding steroid dienone is 1. The Labute approximate surface area is 130 Å². The van der Waals surface area contributed by atoms with Gasteiger partial charge in [0.2, 0.25) is 5.82 Å². The fourth-order valence-corrected chi connectivity index (χ4v) is 2.67. The smallest absolute Gasteiger partial charge is 0.152 e. The minimum absolute atomic E-state index is 0.119. The topological polar surface area (TPSA) is 43.6 Å². The molecule has 0 aliphatic carbocycles. The Balaban J connectivity index is 2.02. The molecule has 0 N–H and O–H groups in total. The van der Waals surface area contributed by atoms with Crippen molar-refractivity contribution < 1.29 is 0 Å². The molecule has 0 amide bonds. The summed E-state index contributed by atoms with van der Waals surface area (Å²) in [5.41, 5.74) is 4.53. The molecule has 0 saturated heterocycles. The third-order valence-electron chi connectivity index (χ3n) is 3.77. The molecule has 110 valence electrons. The van der Waals surface area contributed by atoms with Gasteiger partial charge in [0.25, 0.3) is 0 Å². The van der Waals surface area contributed by atoms with Crippen LogP contribution in [-0.2, 0) is 0 Å². The van der Waals surface area contributed by atoms with Crippen LogP contribution in [0.1, 0.15) is 22.7 Å². The zero-order valence-corrected chi connectivity index (χ0v) is 12.8. The van der Waals surface area contributed by atoms with E-state index in [9.17, 15) is 0 Å². The first kappa shape index (κ1) is 14.2. The number of hydrogen-bond acceptors (Lipinski definition) is 3. The average molecular weight is 290 g/mol. The molecule has 1 aromatic heterocycles. The van der Waals surface area contributed by atoms with Crippen molar-refractivity contribution in [1.29, 1.82) is 0 Å². The third-order valence-corrected chi connectivity index (χ3v) is 3.77. The highest BCUT2D eigenvalue weighted by atomic mass is 15.6. The van der Waals surface area contributed by atoms with E-state index in [2.05, 4.69) is 54.0 Å². The van der Waals surface area contributed by atoms with Crippen LogP contribution in [-0.4, -0.2) is 20.2 Å². The Bertz CT molecular complexity index is 770. The summed E-state index contributed by atoms with van der Waals surface area (Å²) in [6.07, 6.45) is 1.85. The summed E-state index contributed by atoms with van der Waals surface area (Å²) in [5, 5.41) is 12.9. The highest BCUT2D eigenvalue weighted by molar-refractivity contribution is 5.53. The van der Waals surface area contributed by atoms with Crippen LogP contribution in [0.5, 0.6) is 0 Å². The maximum absolute atomic E-state index is 4.53. The first-order chi connectivity index (χ1) is 10.7. The van der Waals surface area contributed by atoms with E-state index in [-0.39, 0.29) is 6.04 Å². The monoisotopic (exact) mass is 290 g/mol. The van der Waals surface area contributed by atoms with Crippen LogP contribution in [0.25, 0.3) is 11.4 Å². The van der Waals surface area contributed by atoms with E-state index >= 15 is 0 Å². The van der Waals surface area contributed by atoms with Crippen molar-refractivity contribution >= 4 is 0 Å². The standard InChI is InChI=1S/C18H18N4/c1-4-16(17-13(2)9-8-10-14(17)3)22-20-18(19-21-22)15-11-6-5-7-12-15/h4-12,16H,1H2,2-3H3. The fourth-order valence-electron chi connectivity index (χ4n) is 2.67. The lowest BCUT2D eigenvalue weighted by Crippen LogP contribution is -2.14. The molecule has 4 heteroatoms. The molecule has 0 fully saturated rings. The minimum atomic E-state index is -0.119. The Morgan fingerprint density at radius 2 is 1.68 bits per heavy atom. The lowest BCUT2D eigenvalue weighted by atomic mass is 9.96. The second-order valence-electron chi connectivity index (χ2n) is 5.29. The fraction of sp³-hybridized carbons (Fsp3) is 0.167. The molecule has 0 aliphatic heterocycles. The molecule has 0 bridgehead atoms. The normalized spacial score (nSPS) is 12.1. The van der Waals surface area contributed by atoms with E-state index in [1.165, 1.54) is 16.7 Å². The lowest BCUT2D eigenvalue weighted by Gasteiger charge is -2.16. The summed E-state index contributed by atoms with van der Waals surface area (Å²) in [7, 11) is 0. The largest absolute Gasteiger partial charge is 0.204 e. The molecule has 0 radical (unpaired) electrons. The molecule has 2 aromatic carbocycles. The molecule has 4 nitrogen and oxygen atoms in total. The van der Waals surface area contributed by atoms with Gasteiger partial charge in [-0.3, -0.25) is 0 Å². The Hall–Kier alpha value is -2.75. The molecule has 3 aromatic rings. The maximum atomic E-state index is 4.53. The van der Waals surface area contributed by atoms with Crippen LogP contribution in [0.2, 0.25) is 0 Å². The lowest BCUT2D eigenvalue weighted by molar-refractivity contribution is 0.514. The van der Waals surface area contributed by atoms with Crippen molar-refractivity contribution in [2.45, 2.75) is 19.9 Å². The Kier molecular flexibility index (Phi) is 3.83. The average Bonchev–Trinajstić information content (AvgIpc) is 3.01. The van der Waals surface area contributed by atoms with E-state index in [0.29, 0.717) is 5.82 Å². The minimum Gasteiger partial charge on any atom is -0.152 e. The Morgan fingerprint density at radius 3 is 2.32 bits per heavy atom. The zero-order chi connectivity index (χ0) is 15.5. The van der Waals surface area contributed by atoms with Crippen molar-refractivity contribution in [2.24, 2.45) is 0 Å². The molecule has 1 atom stereocenters. The molecule has 0 aliphatic rings. The van der Waals surface area contributed by atoms with Gasteiger partial charge in [0.05, 0.1) is 0 Å². The zero-order valence-electron chi connectivity index (χ0n) is 12.8. The van der Waals surface area contributed by atoms with Crippen molar-refractivity contribution in [2.75, 3.05) is 0 Å². The molecule has 0 spiro atoms. The molecule has 22 heavy (non-hydrogen) atoms. The summed E-state index contributed by atoms with van der Waals surface area (Å²) >= 11 is 0. The number of hydrogen-bond donors (Lipinski definition) is 0. The SMILES string of the molecule is C=CC(c1c(C)cccc1C)n1nnc(-c2ccccc2)n1. The van der Waals surface area contributed by atoms with Crippen LogP contribution in [0.4, 0.5) is 0 Å². The Morgan fingerprint density at radius 1 is 1.00 bits per heavy atom. The van der Waals surface area contributed by atoms with Gasteiger partial charge in [-0.2, -0.15) is 4.80 Å². The predicted octanol–water partition coefficient (Wildman–Crippen LogP) is 3.73. The van der Waals surface area contributed by atoms with Gasteiger partial charge >= 0.3 is 0 Å². The van der Waals surface area contributed by atoms with Gasteiger partial charge in [-0.1, -0.05) is 54.6 Å². The van der Waals surface area contributed by atoms with Crippen molar-refractivity contribution in [3.05, 3.63) is 77.9 Å². The summed E-state index contributed by atoms with van der Waals surface area (Å²) in [5.74, 6) is 0.624. The van der Waals surface area contributed by atoms with Crippen molar-refractivity contribution in [1.82, 2.24) is 20.2 Å².